The van der Waals surface area contributed by atoms with Crippen LogP contribution >= 0.6 is 0 Å². The van der Waals surface area contributed by atoms with Gasteiger partial charge in [0, 0.05) is 5.54 Å². The van der Waals surface area contributed by atoms with E-state index >= 15 is 0 Å². The highest BCUT2D eigenvalue weighted by Gasteiger charge is 2.65. The number of hydrogen-bond acceptors (Lipinski definition) is 1. The first-order valence-electron chi connectivity index (χ1n) is 6.51. The lowest BCUT2D eigenvalue weighted by molar-refractivity contribution is 0.360. The Balaban J connectivity index is 1.72. The summed E-state index contributed by atoms with van der Waals surface area (Å²) < 4.78 is 0. The first-order valence-corrected chi connectivity index (χ1v) is 6.51. The third-order valence-electron chi connectivity index (χ3n) is 5.34. The van der Waals surface area contributed by atoms with E-state index < -0.39 is 0 Å². The average molecular weight is 193 g/mol. The Morgan fingerprint density at radius 3 is 2.14 bits per heavy atom. The van der Waals surface area contributed by atoms with Crippen LogP contribution in [0.25, 0.3) is 0 Å². The van der Waals surface area contributed by atoms with Gasteiger partial charge in [0.15, 0.2) is 0 Å². The molecular formula is C13H23N. The Hall–Kier alpha value is -0.0400. The van der Waals surface area contributed by atoms with Crippen LogP contribution in [0.2, 0.25) is 0 Å². The standard InChI is InChI=1S/C13H23N/c1-9-6-7-10(8-9)13(14)11-4-2-3-5-12(11)13/h9-12H,2-8,14H2,1H3. The summed E-state index contributed by atoms with van der Waals surface area (Å²) in [6.45, 7) is 2.40. The topological polar surface area (TPSA) is 26.0 Å². The largest absolute Gasteiger partial charge is 0.324 e. The maximum absolute atomic E-state index is 6.66. The molecule has 14 heavy (non-hydrogen) atoms. The Kier molecular flexibility index (Phi) is 1.96. The molecule has 1 nitrogen and oxygen atoms in total. The quantitative estimate of drug-likeness (QED) is 0.681. The van der Waals surface area contributed by atoms with Gasteiger partial charge in [-0.1, -0.05) is 26.2 Å². The molecule has 0 saturated heterocycles. The summed E-state index contributed by atoms with van der Waals surface area (Å²) >= 11 is 0. The van der Waals surface area contributed by atoms with E-state index in [4.69, 9.17) is 5.73 Å². The molecule has 3 aliphatic carbocycles. The van der Waals surface area contributed by atoms with Crippen LogP contribution < -0.4 is 5.73 Å². The van der Waals surface area contributed by atoms with Crippen molar-refractivity contribution in [3.8, 4) is 0 Å². The van der Waals surface area contributed by atoms with E-state index in [2.05, 4.69) is 6.92 Å². The Labute approximate surface area is 87.4 Å². The van der Waals surface area contributed by atoms with E-state index in [0.29, 0.717) is 5.54 Å². The van der Waals surface area contributed by atoms with Crippen LogP contribution in [0.3, 0.4) is 0 Å². The average Bonchev–Trinajstić information content (AvgIpc) is 2.57. The van der Waals surface area contributed by atoms with Crippen LogP contribution in [0.4, 0.5) is 0 Å². The number of fused-ring (bicyclic) bond motifs is 1. The maximum atomic E-state index is 6.66. The van der Waals surface area contributed by atoms with Crippen LogP contribution in [0.1, 0.15) is 51.9 Å². The van der Waals surface area contributed by atoms with Crippen molar-refractivity contribution in [1.82, 2.24) is 0 Å². The van der Waals surface area contributed by atoms with Gasteiger partial charge in [0.05, 0.1) is 0 Å². The van der Waals surface area contributed by atoms with Crippen LogP contribution in [-0.4, -0.2) is 5.54 Å². The Morgan fingerprint density at radius 1 is 1.00 bits per heavy atom. The fraction of sp³-hybridized carbons (Fsp3) is 1.00. The van der Waals surface area contributed by atoms with Crippen molar-refractivity contribution in [2.75, 3.05) is 0 Å². The summed E-state index contributed by atoms with van der Waals surface area (Å²) in [6, 6.07) is 0. The molecule has 0 bridgehead atoms. The molecule has 0 aromatic carbocycles. The van der Waals surface area contributed by atoms with E-state index in [1.807, 2.05) is 0 Å². The summed E-state index contributed by atoms with van der Waals surface area (Å²) in [7, 11) is 0. The maximum Gasteiger partial charge on any atom is 0.0246 e. The zero-order valence-electron chi connectivity index (χ0n) is 9.34. The zero-order valence-corrected chi connectivity index (χ0v) is 9.34. The lowest BCUT2D eigenvalue weighted by Crippen LogP contribution is -2.35. The third-order valence-corrected chi connectivity index (χ3v) is 5.34. The molecule has 3 fully saturated rings. The van der Waals surface area contributed by atoms with Crippen molar-refractivity contribution in [2.24, 2.45) is 29.4 Å². The second kappa shape index (κ2) is 2.98. The minimum absolute atomic E-state index is 0.307. The molecule has 0 radical (unpaired) electrons. The van der Waals surface area contributed by atoms with Gasteiger partial charge in [-0.05, 0) is 49.4 Å². The predicted molar refractivity (Wildman–Crippen MR) is 58.9 cm³/mol. The van der Waals surface area contributed by atoms with Gasteiger partial charge in [-0.3, -0.25) is 0 Å². The highest BCUT2D eigenvalue weighted by Crippen LogP contribution is 2.63. The zero-order chi connectivity index (χ0) is 9.76. The predicted octanol–water partition coefficient (Wildman–Crippen LogP) is 2.94. The van der Waals surface area contributed by atoms with Gasteiger partial charge in [0.1, 0.15) is 0 Å². The second-order valence-electron chi connectivity index (χ2n) is 6.11. The highest BCUT2D eigenvalue weighted by atomic mass is 14.9. The molecule has 0 aliphatic heterocycles. The molecule has 3 aliphatic rings. The van der Waals surface area contributed by atoms with Crippen LogP contribution in [-0.2, 0) is 0 Å². The van der Waals surface area contributed by atoms with Crippen molar-refractivity contribution in [2.45, 2.75) is 57.4 Å². The monoisotopic (exact) mass is 193 g/mol. The molecule has 4 atom stereocenters. The van der Waals surface area contributed by atoms with Gasteiger partial charge in [-0.2, -0.15) is 0 Å². The minimum atomic E-state index is 0.307. The van der Waals surface area contributed by atoms with Crippen LogP contribution in [0, 0.1) is 23.7 Å². The van der Waals surface area contributed by atoms with E-state index in [0.717, 1.165) is 23.7 Å². The van der Waals surface area contributed by atoms with Gasteiger partial charge in [0.2, 0.25) is 0 Å². The third kappa shape index (κ3) is 1.11. The van der Waals surface area contributed by atoms with Crippen molar-refractivity contribution < 1.29 is 0 Å². The number of rotatable bonds is 1. The van der Waals surface area contributed by atoms with Crippen molar-refractivity contribution in [3.05, 3.63) is 0 Å². The summed E-state index contributed by atoms with van der Waals surface area (Å²) in [4.78, 5) is 0. The van der Waals surface area contributed by atoms with Crippen LogP contribution in [0.15, 0.2) is 0 Å². The normalized spacial score (nSPS) is 57.0. The summed E-state index contributed by atoms with van der Waals surface area (Å²) in [5.74, 6) is 3.67. The lowest BCUT2D eigenvalue weighted by Gasteiger charge is -2.20. The fourth-order valence-corrected chi connectivity index (χ4v) is 4.49. The molecule has 1 heteroatoms. The van der Waals surface area contributed by atoms with E-state index in [1.54, 1.807) is 0 Å². The molecule has 4 unspecified atom stereocenters. The molecule has 0 aromatic rings. The molecule has 0 heterocycles. The minimum Gasteiger partial charge on any atom is -0.324 e. The van der Waals surface area contributed by atoms with Crippen molar-refractivity contribution in [1.29, 1.82) is 0 Å². The van der Waals surface area contributed by atoms with E-state index in [1.165, 1.54) is 44.9 Å². The summed E-state index contributed by atoms with van der Waals surface area (Å²) in [5, 5.41) is 0. The van der Waals surface area contributed by atoms with E-state index in [9.17, 15) is 0 Å². The van der Waals surface area contributed by atoms with E-state index in [-0.39, 0.29) is 0 Å². The molecule has 80 valence electrons. The van der Waals surface area contributed by atoms with Gasteiger partial charge in [0.25, 0.3) is 0 Å². The molecule has 0 spiro atoms. The first kappa shape index (κ1) is 9.21. The number of hydrogen-bond donors (Lipinski definition) is 1. The SMILES string of the molecule is CC1CCC(C2(N)C3CCCCC32)C1. The van der Waals surface area contributed by atoms with Crippen molar-refractivity contribution >= 4 is 0 Å². The summed E-state index contributed by atoms with van der Waals surface area (Å²) in [5.41, 5.74) is 6.97. The molecule has 2 N–H and O–H groups in total. The lowest BCUT2D eigenvalue weighted by atomic mass is 9.91. The van der Waals surface area contributed by atoms with Gasteiger partial charge >= 0.3 is 0 Å². The number of nitrogens with two attached hydrogens (primary N) is 1. The molecular weight excluding hydrogens is 170 g/mol. The molecule has 0 aromatic heterocycles. The van der Waals surface area contributed by atoms with Gasteiger partial charge in [-0.15, -0.1) is 0 Å². The fourth-order valence-electron chi connectivity index (χ4n) is 4.49. The summed E-state index contributed by atoms with van der Waals surface area (Å²) in [6.07, 6.45) is 10.0. The Morgan fingerprint density at radius 2 is 1.64 bits per heavy atom. The Bertz CT molecular complexity index is 223. The molecule has 3 saturated carbocycles. The van der Waals surface area contributed by atoms with Crippen molar-refractivity contribution in [3.63, 3.8) is 0 Å². The van der Waals surface area contributed by atoms with Gasteiger partial charge in [-0.25, -0.2) is 0 Å². The smallest absolute Gasteiger partial charge is 0.0246 e. The van der Waals surface area contributed by atoms with Gasteiger partial charge < -0.3 is 5.73 Å². The highest BCUT2D eigenvalue weighted by molar-refractivity contribution is 5.20. The first-order chi connectivity index (χ1) is 6.73. The molecule has 3 rings (SSSR count). The molecule has 0 amide bonds. The second-order valence-corrected chi connectivity index (χ2v) is 6.11. The van der Waals surface area contributed by atoms with Crippen LogP contribution in [0.5, 0.6) is 0 Å².